The van der Waals surface area contributed by atoms with E-state index in [0.29, 0.717) is 47.0 Å². The van der Waals surface area contributed by atoms with Crippen LogP contribution >= 0.6 is 0 Å². The highest BCUT2D eigenvalue weighted by Gasteiger charge is 2.27. The number of rotatable bonds is 14. The van der Waals surface area contributed by atoms with Crippen molar-refractivity contribution in [2.75, 3.05) is 38.4 Å². The number of hydrogen-bond acceptors (Lipinski definition) is 8. The van der Waals surface area contributed by atoms with Crippen molar-refractivity contribution in [1.82, 2.24) is 0 Å². The molecule has 2 rings (SSSR count). The summed E-state index contributed by atoms with van der Waals surface area (Å²) in [5.41, 5.74) is 13.1. The average Bonchev–Trinajstić information content (AvgIpc) is 2.83. The van der Waals surface area contributed by atoms with Gasteiger partial charge in [-0.15, -0.1) is 0 Å². The third kappa shape index (κ3) is 11.6. The minimum atomic E-state index is -4.38. The van der Waals surface area contributed by atoms with E-state index in [1.807, 2.05) is 0 Å². The van der Waals surface area contributed by atoms with Crippen molar-refractivity contribution in [3.63, 3.8) is 0 Å². The molecule has 0 radical (unpaired) electrons. The van der Waals surface area contributed by atoms with Crippen LogP contribution in [0.25, 0.3) is 6.08 Å². The molecule has 0 aliphatic rings. The summed E-state index contributed by atoms with van der Waals surface area (Å²) in [6.07, 6.45) is 0.0689. The number of hydrogen-bond donors (Lipinski definition) is 2. The molecule has 0 fully saturated rings. The fourth-order valence-corrected chi connectivity index (χ4v) is 3.17. The Morgan fingerprint density at radius 1 is 0.865 bits per heavy atom. The molecule has 0 saturated carbocycles. The van der Waals surface area contributed by atoms with E-state index < -0.39 is 31.1 Å². The number of alkyl halides is 3. The number of ether oxygens (including phenoxy) is 4. The van der Waals surface area contributed by atoms with E-state index in [4.69, 9.17) is 25.7 Å². The number of nitrogens with two attached hydrogens (primary N) is 2. The lowest BCUT2D eigenvalue weighted by Crippen LogP contribution is -2.13. The van der Waals surface area contributed by atoms with E-state index >= 15 is 0 Å². The van der Waals surface area contributed by atoms with Gasteiger partial charge in [0.25, 0.3) is 0 Å². The van der Waals surface area contributed by atoms with Crippen molar-refractivity contribution in [2.45, 2.75) is 38.3 Å². The predicted molar refractivity (Wildman–Crippen MR) is 133 cm³/mol. The third-order valence-electron chi connectivity index (χ3n) is 4.97. The molecule has 0 unspecified atom stereocenters. The Bertz CT molecular complexity index is 1050. The number of anilines is 2. The van der Waals surface area contributed by atoms with Crippen molar-refractivity contribution in [1.29, 1.82) is 0 Å². The highest BCUT2D eigenvalue weighted by molar-refractivity contribution is 5.91. The maximum atomic E-state index is 12.1. The second-order valence-corrected chi connectivity index (χ2v) is 8.06. The zero-order chi connectivity index (χ0) is 27.3. The van der Waals surface area contributed by atoms with E-state index in [-0.39, 0.29) is 6.61 Å². The number of esters is 2. The van der Waals surface area contributed by atoms with Crippen LogP contribution in [0, 0.1) is 0 Å². The first-order chi connectivity index (χ1) is 17.6. The Morgan fingerprint density at radius 3 is 2.19 bits per heavy atom. The summed E-state index contributed by atoms with van der Waals surface area (Å²) in [4.78, 5) is 23.6. The van der Waals surface area contributed by atoms with E-state index in [9.17, 15) is 22.8 Å². The van der Waals surface area contributed by atoms with Crippen molar-refractivity contribution in [2.24, 2.45) is 0 Å². The summed E-state index contributed by atoms with van der Waals surface area (Å²) in [5.74, 6) is -0.372. The van der Waals surface area contributed by atoms with Gasteiger partial charge in [-0.05, 0) is 67.7 Å². The first kappa shape index (κ1) is 29.3. The highest BCUT2D eigenvalue weighted by atomic mass is 19.4. The topological polar surface area (TPSA) is 123 Å². The maximum Gasteiger partial charge on any atom is 0.392 e. The van der Waals surface area contributed by atoms with Gasteiger partial charge in [0.05, 0.1) is 32.3 Å². The number of carbonyl (C=O) groups is 2. The Balaban J connectivity index is 1.66. The standard InChI is InChI=1S/C26H31F3N2O6/c1-34-23-14-18(7-9-24(32)36-13-10-26(27,28)29)6-8-22(23)35-11-4-2-3-5-12-37-25(33)19-15-20(30)17-21(31)16-19/h6-9,14-17H,2-5,10-13,30-31H2,1H3/b9-7-. The number of nitrogen functional groups attached to an aromatic ring is 2. The van der Waals surface area contributed by atoms with Gasteiger partial charge in [-0.2, -0.15) is 13.2 Å². The van der Waals surface area contributed by atoms with Gasteiger partial charge >= 0.3 is 18.1 Å². The summed E-state index contributed by atoms with van der Waals surface area (Å²) < 4.78 is 57.2. The molecule has 202 valence electrons. The lowest BCUT2D eigenvalue weighted by atomic mass is 10.1. The molecule has 0 heterocycles. The first-order valence-corrected chi connectivity index (χ1v) is 11.6. The van der Waals surface area contributed by atoms with Crippen LogP contribution in [-0.4, -0.2) is 45.0 Å². The molecule has 0 bridgehead atoms. The molecule has 0 amide bonds. The summed E-state index contributed by atoms with van der Waals surface area (Å²) in [5, 5.41) is 0. The van der Waals surface area contributed by atoms with Gasteiger partial charge in [0, 0.05) is 17.5 Å². The van der Waals surface area contributed by atoms with Gasteiger partial charge < -0.3 is 30.4 Å². The van der Waals surface area contributed by atoms with Crippen molar-refractivity contribution in [3.05, 3.63) is 53.6 Å². The van der Waals surface area contributed by atoms with Gasteiger partial charge in [-0.3, -0.25) is 0 Å². The Hall–Kier alpha value is -3.89. The van der Waals surface area contributed by atoms with Crippen LogP contribution in [0.4, 0.5) is 24.5 Å². The lowest BCUT2D eigenvalue weighted by molar-refractivity contribution is -0.155. The minimum absolute atomic E-state index is 0.285. The van der Waals surface area contributed by atoms with Gasteiger partial charge in [-0.1, -0.05) is 6.07 Å². The molecule has 2 aromatic carbocycles. The molecule has 0 spiro atoms. The summed E-state index contributed by atoms with van der Waals surface area (Å²) >= 11 is 0. The molecule has 0 aromatic heterocycles. The highest BCUT2D eigenvalue weighted by Crippen LogP contribution is 2.29. The van der Waals surface area contributed by atoms with Gasteiger partial charge in [-0.25, -0.2) is 9.59 Å². The number of benzene rings is 2. The zero-order valence-corrected chi connectivity index (χ0v) is 20.5. The molecule has 0 saturated heterocycles. The van der Waals surface area contributed by atoms with Crippen LogP contribution in [0.2, 0.25) is 0 Å². The van der Waals surface area contributed by atoms with E-state index in [0.717, 1.165) is 25.3 Å². The number of halogens is 3. The monoisotopic (exact) mass is 524 g/mol. The molecule has 0 aliphatic heterocycles. The van der Waals surface area contributed by atoms with E-state index in [2.05, 4.69) is 4.74 Å². The maximum absolute atomic E-state index is 12.1. The van der Waals surface area contributed by atoms with E-state index in [1.54, 1.807) is 24.3 Å². The lowest BCUT2D eigenvalue weighted by Gasteiger charge is -2.11. The van der Waals surface area contributed by atoms with Crippen LogP contribution in [0.15, 0.2) is 42.5 Å². The second kappa shape index (κ2) is 14.6. The Kier molecular flexibility index (Phi) is 11.6. The SMILES string of the molecule is COc1cc(/C=C\C(=O)OCCC(F)(F)F)ccc1OCCCCCCOC(=O)c1cc(N)cc(N)c1. The zero-order valence-electron chi connectivity index (χ0n) is 20.5. The number of unbranched alkanes of at least 4 members (excludes halogenated alkanes) is 3. The molecule has 8 nitrogen and oxygen atoms in total. The molecular weight excluding hydrogens is 493 g/mol. The fraction of sp³-hybridized carbons (Fsp3) is 0.385. The normalized spacial score (nSPS) is 11.4. The molecule has 0 atom stereocenters. The Labute approximate surface area is 213 Å². The smallest absolute Gasteiger partial charge is 0.392 e. The summed E-state index contributed by atoms with van der Waals surface area (Å²) in [7, 11) is 1.47. The van der Waals surface area contributed by atoms with Gasteiger partial charge in [0.1, 0.15) is 6.61 Å². The summed E-state index contributed by atoms with van der Waals surface area (Å²) in [6.45, 7) is -0.000772. The van der Waals surface area contributed by atoms with Crippen molar-refractivity contribution >= 4 is 29.4 Å². The van der Waals surface area contributed by atoms with Crippen molar-refractivity contribution in [3.8, 4) is 11.5 Å². The minimum Gasteiger partial charge on any atom is -0.493 e. The fourth-order valence-electron chi connectivity index (χ4n) is 3.17. The summed E-state index contributed by atoms with van der Waals surface area (Å²) in [6, 6.07) is 9.59. The number of carbonyl (C=O) groups excluding carboxylic acids is 2. The molecular formula is C26H31F3N2O6. The molecule has 11 heteroatoms. The third-order valence-corrected chi connectivity index (χ3v) is 4.97. The largest absolute Gasteiger partial charge is 0.493 e. The van der Waals surface area contributed by atoms with Crippen LogP contribution in [0.3, 0.4) is 0 Å². The first-order valence-electron chi connectivity index (χ1n) is 11.6. The van der Waals surface area contributed by atoms with Crippen LogP contribution in [-0.2, 0) is 14.3 Å². The van der Waals surface area contributed by atoms with Gasteiger partial charge in [0.2, 0.25) is 0 Å². The van der Waals surface area contributed by atoms with E-state index in [1.165, 1.54) is 25.3 Å². The van der Waals surface area contributed by atoms with Gasteiger partial charge in [0.15, 0.2) is 11.5 Å². The molecule has 37 heavy (non-hydrogen) atoms. The Morgan fingerprint density at radius 2 is 1.54 bits per heavy atom. The molecule has 0 aliphatic carbocycles. The van der Waals surface area contributed by atoms with Crippen LogP contribution in [0.1, 0.15) is 48.0 Å². The van der Waals surface area contributed by atoms with Crippen LogP contribution in [0.5, 0.6) is 11.5 Å². The number of methoxy groups -OCH3 is 1. The van der Waals surface area contributed by atoms with Crippen molar-refractivity contribution < 1.29 is 41.7 Å². The quantitative estimate of drug-likeness (QED) is 0.150. The molecule has 2 aromatic rings. The predicted octanol–water partition coefficient (Wildman–Crippen LogP) is 5.16. The molecule has 4 N–H and O–H groups in total. The van der Waals surface area contributed by atoms with Crippen LogP contribution < -0.4 is 20.9 Å². The average molecular weight is 525 g/mol. The second-order valence-electron chi connectivity index (χ2n) is 8.06.